The number of hydrogen-bond donors (Lipinski definition) is 2. The van der Waals surface area contributed by atoms with Crippen molar-refractivity contribution in [3.63, 3.8) is 0 Å². The van der Waals surface area contributed by atoms with E-state index in [1.807, 2.05) is 0 Å². The summed E-state index contributed by atoms with van der Waals surface area (Å²) in [6.07, 6.45) is 8.12. The van der Waals surface area contributed by atoms with Crippen LogP contribution in [0.25, 0.3) is 0 Å². The maximum atomic E-state index is 12.0. The Morgan fingerprint density at radius 1 is 1.10 bits per heavy atom. The van der Waals surface area contributed by atoms with Crippen LogP contribution in [0.4, 0.5) is 0 Å². The lowest BCUT2D eigenvalue weighted by Crippen LogP contribution is -2.45. The third-order valence-electron chi connectivity index (χ3n) is 4.40. The van der Waals surface area contributed by atoms with E-state index in [1.165, 1.54) is 6.42 Å². The van der Waals surface area contributed by atoms with E-state index in [4.69, 9.17) is 4.74 Å². The molecule has 0 aromatic rings. The molecular weight excluding hydrogens is 258 g/mol. The second-order valence-electron chi connectivity index (χ2n) is 5.93. The van der Waals surface area contributed by atoms with Crippen molar-refractivity contribution in [2.75, 3.05) is 6.61 Å². The summed E-state index contributed by atoms with van der Waals surface area (Å²) in [4.78, 5) is 23.1. The van der Waals surface area contributed by atoms with Crippen LogP contribution >= 0.6 is 0 Å². The van der Waals surface area contributed by atoms with Crippen molar-refractivity contribution in [2.24, 2.45) is 5.92 Å². The zero-order valence-electron chi connectivity index (χ0n) is 12.0. The number of carboxylic acid groups (broad SMARTS) is 1. The molecule has 1 amide bonds. The molecule has 2 aliphatic rings. The number of carboxylic acids is 1. The Kier molecular flexibility index (Phi) is 5.83. The molecule has 5 heteroatoms. The van der Waals surface area contributed by atoms with Gasteiger partial charge in [0, 0.05) is 19.1 Å². The van der Waals surface area contributed by atoms with Crippen molar-refractivity contribution in [1.82, 2.24) is 5.32 Å². The Morgan fingerprint density at radius 3 is 2.55 bits per heavy atom. The molecule has 0 radical (unpaired) electrons. The van der Waals surface area contributed by atoms with E-state index in [-0.39, 0.29) is 18.1 Å². The lowest BCUT2D eigenvalue weighted by atomic mass is 9.84. The molecule has 0 aromatic carbocycles. The highest BCUT2D eigenvalue weighted by Crippen LogP contribution is 2.25. The predicted molar refractivity (Wildman–Crippen MR) is 74.3 cm³/mol. The highest BCUT2D eigenvalue weighted by atomic mass is 16.5. The summed E-state index contributed by atoms with van der Waals surface area (Å²) >= 11 is 0. The first-order valence-corrected chi connectivity index (χ1v) is 7.80. The van der Waals surface area contributed by atoms with Gasteiger partial charge < -0.3 is 15.2 Å². The van der Waals surface area contributed by atoms with Gasteiger partial charge in [0.25, 0.3) is 0 Å². The normalized spacial score (nSPS) is 30.7. The van der Waals surface area contributed by atoms with E-state index in [0.29, 0.717) is 12.8 Å². The van der Waals surface area contributed by atoms with Crippen LogP contribution in [0.5, 0.6) is 0 Å². The van der Waals surface area contributed by atoms with Gasteiger partial charge >= 0.3 is 5.97 Å². The molecule has 114 valence electrons. The van der Waals surface area contributed by atoms with Crippen molar-refractivity contribution >= 4 is 11.9 Å². The fourth-order valence-electron chi connectivity index (χ4n) is 3.21. The van der Waals surface area contributed by atoms with Gasteiger partial charge in [-0.1, -0.05) is 12.8 Å². The van der Waals surface area contributed by atoms with Crippen LogP contribution in [0.15, 0.2) is 0 Å². The molecule has 0 aromatic heterocycles. The molecular formula is C15H25NO4. The third-order valence-corrected chi connectivity index (χ3v) is 4.40. The zero-order chi connectivity index (χ0) is 14.4. The number of amides is 1. The van der Waals surface area contributed by atoms with Gasteiger partial charge in [-0.05, 0) is 38.5 Å². The average Bonchev–Trinajstić information content (AvgIpc) is 2.46. The Hall–Kier alpha value is -1.10. The van der Waals surface area contributed by atoms with Crippen molar-refractivity contribution in [2.45, 2.75) is 69.9 Å². The monoisotopic (exact) mass is 283 g/mol. The Balaban J connectivity index is 1.73. The largest absolute Gasteiger partial charge is 0.481 e. The van der Waals surface area contributed by atoms with Gasteiger partial charge in [-0.15, -0.1) is 0 Å². The zero-order valence-corrected chi connectivity index (χ0v) is 12.0. The summed E-state index contributed by atoms with van der Waals surface area (Å²) in [5.41, 5.74) is 0. The number of aliphatic carboxylic acids is 1. The Bertz CT molecular complexity index is 339. The van der Waals surface area contributed by atoms with Gasteiger partial charge in [-0.2, -0.15) is 0 Å². The molecule has 2 N–H and O–H groups in total. The van der Waals surface area contributed by atoms with E-state index < -0.39 is 11.9 Å². The second kappa shape index (κ2) is 7.62. The van der Waals surface area contributed by atoms with Crippen LogP contribution in [-0.2, 0) is 14.3 Å². The number of carbonyl (C=O) groups is 2. The van der Waals surface area contributed by atoms with Crippen LogP contribution in [0.3, 0.4) is 0 Å². The fraction of sp³-hybridized carbons (Fsp3) is 0.867. The first-order chi connectivity index (χ1) is 9.66. The molecule has 2 rings (SSSR count). The van der Waals surface area contributed by atoms with Gasteiger partial charge in [0.1, 0.15) is 0 Å². The number of nitrogens with one attached hydrogen (secondary N) is 1. The molecule has 3 unspecified atom stereocenters. The SMILES string of the molecule is O=C(CCC1CCCCO1)NC1CCCCC1C(=O)O. The maximum Gasteiger partial charge on any atom is 0.308 e. The minimum Gasteiger partial charge on any atom is -0.481 e. The molecule has 5 nitrogen and oxygen atoms in total. The van der Waals surface area contributed by atoms with E-state index in [1.54, 1.807) is 0 Å². The van der Waals surface area contributed by atoms with E-state index in [9.17, 15) is 14.7 Å². The quantitative estimate of drug-likeness (QED) is 0.810. The molecule has 0 spiro atoms. The van der Waals surface area contributed by atoms with Crippen LogP contribution in [0, 0.1) is 5.92 Å². The van der Waals surface area contributed by atoms with Gasteiger partial charge in [0.05, 0.1) is 12.0 Å². The van der Waals surface area contributed by atoms with Gasteiger partial charge in [-0.3, -0.25) is 9.59 Å². The number of hydrogen-bond acceptors (Lipinski definition) is 3. The number of carbonyl (C=O) groups excluding carboxylic acids is 1. The molecule has 1 aliphatic heterocycles. The van der Waals surface area contributed by atoms with Gasteiger partial charge in [0.15, 0.2) is 0 Å². The highest BCUT2D eigenvalue weighted by molar-refractivity contribution is 5.78. The standard InChI is InChI=1S/C15H25NO4/c17-14(9-8-11-5-3-4-10-20-11)16-13-7-2-1-6-12(13)15(18)19/h11-13H,1-10H2,(H,16,17)(H,18,19). The maximum absolute atomic E-state index is 12.0. The molecule has 1 saturated carbocycles. The molecule has 20 heavy (non-hydrogen) atoms. The van der Waals surface area contributed by atoms with E-state index in [0.717, 1.165) is 45.1 Å². The predicted octanol–water partition coefficient (Wildman–Crippen LogP) is 2.10. The van der Waals surface area contributed by atoms with Gasteiger partial charge in [-0.25, -0.2) is 0 Å². The van der Waals surface area contributed by atoms with Crippen molar-refractivity contribution in [3.05, 3.63) is 0 Å². The first kappa shape index (κ1) is 15.3. The van der Waals surface area contributed by atoms with E-state index >= 15 is 0 Å². The topological polar surface area (TPSA) is 75.6 Å². The number of rotatable bonds is 5. The molecule has 1 aliphatic carbocycles. The minimum atomic E-state index is -0.786. The fourth-order valence-corrected chi connectivity index (χ4v) is 3.21. The van der Waals surface area contributed by atoms with Crippen LogP contribution in [0.2, 0.25) is 0 Å². The molecule has 2 fully saturated rings. The summed E-state index contributed by atoms with van der Waals surface area (Å²) in [7, 11) is 0. The number of ether oxygens (including phenoxy) is 1. The molecule has 0 bridgehead atoms. The summed E-state index contributed by atoms with van der Waals surface area (Å²) in [5, 5.41) is 12.1. The van der Waals surface area contributed by atoms with Crippen molar-refractivity contribution in [3.8, 4) is 0 Å². The van der Waals surface area contributed by atoms with Crippen LogP contribution in [0.1, 0.15) is 57.8 Å². The third kappa shape index (κ3) is 4.47. The Morgan fingerprint density at radius 2 is 1.85 bits per heavy atom. The smallest absolute Gasteiger partial charge is 0.308 e. The summed E-state index contributed by atoms with van der Waals surface area (Å²) < 4.78 is 5.60. The first-order valence-electron chi connectivity index (χ1n) is 7.80. The summed E-state index contributed by atoms with van der Waals surface area (Å²) in [5.74, 6) is -1.23. The van der Waals surface area contributed by atoms with Gasteiger partial charge in [0.2, 0.25) is 5.91 Å². The van der Waals surface area contributed by atoms with E-state index in [2.05, 4.69) is 5.32 Å². The highest BCUT2D eigenvalue weighted by Gasteiger charge is 2.31. The second-order valence-corrected chi connectivity index (χ2v) is 5.93. The van der Waals surface area contributed by atoms with Crippen molar-refractivity contribution < 1.29 is 19.4 Å². The van der Waals surface area contributed by atoms with Crippen LogP contribution in [-0.4, -0.2) is 35.7 Å². The lowest BCUT2D eigenvalue weighted by Gasteiger charge is -2.29. The average molecular weight is 283 g/mol. The van der Waals surface area contributed by atoms with Crippen LogP contribution < -0.4 is 5.32 Å². The van der Waals surface area contributed by atoms with Crippen molar-refractivity contribution in [1.29, 1.82) is 0 Å². The molecule has 1 saturated heterocycles. The lowest BCUT2D eigenvalue weighted by molar-refractivity contribution is -0.144. The Labute approximate surface area is 120 Å². The summed E-state index contributed by atoms with van der Waals surface area (Å²) in [6.45, 7) is 0.802. The molecule has 1 heterocycles. The summed E-state index contributed by atoms with van der Waals surface area (Å²) in [6, 6.07) is -0.193. The minimum absolute atomic E-state index is 0.0303. The molecule has 3 atom stereocenters.